The van der Waals surface area contributed by atoms with E-state index in [0.29, 0.717) is 0 Å². The Bertz CT molecular complexity index is 541. The Hall–Kier alpha value is -1.58. The summed E-state index contributed by atoms with van der Waals surface area (Å²) in [4.78, 5) is 9.53. The fourth-order valence-electron chi connectivity index (χ4n) is 3.06. The minimum absolute atomic E-state index is 0. The largest absolute Gasteiger partial charge is 0.351 e. The molecule has 1 aliphatic heterocycles. The Morgan fingerprint density at radius 2 is 1.65 bits per heavy atom. The minimum atomic E-state index is 0. The van der Waals surface area contributed by atoms with E-state index in [0.717, 1.165) is 25.5 Å². The van der Waals surface area contributed by atoms with Crippen LogP contribution in [0, 0.1) is 0 Å². The lowest BCUT2D eigenvalue weighted by Gasteiger charge is -2.30. The first-order valence-corrected chi connectivity index (χ1v) is 8.34. The van der Waals surface area contributed by atoms with Crippen LogP contribution in [0.5, 0.6) is 0 Å². The molecule has 2 aromatic rings. The van der Waals surface area contributed by atoms with E-state index in [-0.39, 0.29) is 12.4 Å². The summed E-state index contributed by atoms with van der Waals surface area (Å²) in [5.41, 5.74) is 1.34. The maximum absolute atomic E-state index is 4.55. The average molecular weight is 332 g/mol. The van der Waals surface area contributed by atoms with Gasteiger partial charge in [0.2, 0.25) is 0 Å². The Balaban J connectivity index is 0.00000192. The van der Waals surface area contributed by atoms with Crippen molar-refractivity contribution in [1.82, 2.24) is 9.88 Å². The number of hydrogen-bond acceptors (Lipinski definition) is 3. The standard InChI is InChI=1S/C19H25N3.ClH/c1-3-9-18(10-4-1)17-22(19-11-5-6-12-20-19)16-15-21-13-7-2-8-14-21;/h1,3-6,9-12H,2,7-8,13-17H2;1H. The van der Waals surface area contributed by atoms with Gasteiger partial charge in [-0.15, -0.1) is 12.4 Å². The second kappa shape index (κ2) is 9.53. The van der Waals surface area contributed by atoms with Crippen molar-refractivity contribution >= 4 is 18.2 Å². The Kier molecular flexibility index (Phi) is 7.37. The number of halogens is 1. The van der Waals surface area contributed by atoms with Gasteiger partial charge in [-0.2, -0.15) is 0 Å². The van der Waals surface area contributed by atoms with Crippen molar-refractivity contribution in [1.29, 1.82) is 0 Å². The van der Waals surface area contributed by atoms with Gasteiger partial charge in [0.1, 0.15) is 5.82 Å². The van der Waals surface area contributed by atoms with Crippen molar-refractivity contribution in [3.05, 3.63) is 60.3 Å². The molecule has 3 nitrogen and oxygen atoms in total. The minimum Gasteiger partial charge on any atom is -0.351 e. The van der Waals surface area contributed by atoms with Crippen LogP contribution < -0.4 is 4.90 Å². The molecule has 124 valence electrons. The zero-order valence-corrected chi connectivity index (χ0v) is 14.4. The molecule has 0 N–H and O–H groups in total. The molecule has 0 unspecified atom stereocenters. The summed E-state index contributed by atoms with van der Waals surface area (Å²) in [5.74, 6) is 1.07. The zero-order valence-electron chi connectivity index (χ0n) is 13.6. The third kappa shape index (κ3) is 5.52. The molecule has 4 heteroatoms. The number of aromatic nitrogens is 1. The van der Waals surface area contributed by atoms with Crippen LogP contribution in [-0.4, -0.2) is 36.1 Å². The highest BCUT2D eigenvalue weighted by Gasteiger charge is 2.13. The molecule has 0 bridgehead atoms. The van der Waals surface area contributed by atoms with Gasteiger partial charge in [0.05, 0.1) is 0 Å². The second-order valence-electron chi connectivity index (χ2n) is 6.00. The quantitative estimate of drug-likeness (QED) is 0.797. The summed E-state index contributed by atoms with van der Waals surface area (Å²) in [7, 11) is 0. The van der Waals surface area contributed by atoms with Gasteiger partial charge >= 0.3 is 0 Å². The molecule has 0 aliphatic carbocycles. The monoisotopic (exact) mass is 331 g/mol. The van der Waals surface area contributed by atoms with Gasteiger partial charge in [-0.3, -0.25) is 0 Å². The summed E-state index contributed by atoms with van der Waals surface area (Å²) < 4.78 is 0. The van der Waals surface area contributed by atoms with Crippen molar-refractivity contribution in [2.75, 3.05) is 31.1 Å². The molecule has 1 fully saturated rings. The predicted octanol–water partition coefficient (Wildman–Crippen LogP) is 4.00. The average Bonchev–Trinajstić information content (AvgIpc) is 2.61. The number of likely N-dealkylation sites (tertiary alicyclic amines) is 1. The van der Waals surface area contributed by atoms with E-state index in [1.54, 1.807) is 0 Å². The van der Waals surface area contributed by atoms with Crippen LogP contribution in [0.4, 0.5) is 5.82 Å². The number of piperidine rings is 1. The first kappa shape index (κ1) is 17.8. The summed E-state index contributed by atoms with van der Waals surface area (Å²) in [5, 5.41) is 0. The van der Waals surface area contributed by atoms with Crippen molar-refractivity contribution in [2.24, 2.45) is 0 Å². The van der Waals surface area contributed by atoms with E-state index >= 15 is 0 Å². The third-order valence-corrected chi connectivity index (χ3v) is 4.32. The van der Waals surface area contributed by atoms with E-state index in [9.17, 15) is 0 Å². The van der Waals surface area contributed by atoms with Gasteiger partial charge in [0.15, 0.2) is 0 Å². The van der Waals surface area contributed by atoms with E-state index in [1.807, 2.05) is 12.3 Å². The summed E-state index contributed by atoms with van der Waals surface area (Å²) >= 11 is 0. The highest BCUT2D eigenvalue weighted by molar-refractivity contribution is 5.85. The third-order valence-electron chi connectivity index (χ3n) is 4.32. The fraction of sp³-hybridized carbons (Fsp3) is 0.421. The number of rotatable bonds is 6. The van der Waals surface area contributed by atoms with Crippen molar-refractivity contribution in [2.45, 2.75) is 25.8 Å². The molecule has 3 rings (SSSR count). The van der Waals surface area contributed by atoms with E-state index < -0.39 is 0 Å². The number of anilines is 1. The Morgan fingerprint density at radius 1 is 0.913 bits per heavy atom. The van der Waals surface area contributed by atoms with Crippen LogP contribution in [0.15, 0.2) is 54.7 Å². The lowest BCUT2D eigenvalue weighted by atomic mass is 10.1. The maximum Gasteiger partial charge on any atom is 0.128 e. The van der Waals surface area contributed by atoms with E-state index in [1.165, 1.54) is 37.9 Å². The Morgan fingerprint density at radius 3 is 2.35 bits per heavy atom. The molecule has 1 aliphatic rings. The smallest absolute Gasteiger partial charge is 0.128 e. The van der Waals surface area contributed by atoms with Crippen molar-refractivity contribution in [3.63, 3.8) is 0 Å². The summed E-state index contributed by atoms with van der Waals surface area (Å²) in [6.45, 7) is 5.59. The molecule has 2 heterocycles. The summed E-state index contributed by atoms with van der Waals surface area (Å²) in [6.07, 6.45) is 5.98. The van der Waals surface area contributed by atoms with Crippen LogP contribution in [0.2, 0.25) is 0 Å². The topological polar surface area (TPSA) is 19.4 Å². The molecule has 0 amide bonds. The van der Waals surface area contributed by atoms with Gasteiger partial charge < -0.3 is 9.80 Å². The Labute approximate surface area is 145 Å². The second-order valence-corrected chi connectivity index (χ2v) is 6.00. The number of pyridine rings is 1. The lowest BCUT2D eigenvalue weighted by molar-refractivity contribution is 0.233. The first-order valence-electron chi connectivity index (χ1n) is 8.34. The molecular formula is C19H26ClN3. The number of benzene rings is 1. The van der Waals surface area contributed by atoms with E-state index in [4.69, 9.17) is 0 Å². The zero-order chi connectivity index (χ0) is 15.0. The molecule has 1 aromatic carbocycles. The lowest BCUT2D eigenvalue weighted by Crippen LogP contribution is -2.38. The van der Waals surface area contributed by atoms with Gasteiger partial charge in [0.25, 0.3) is 0 Å². The van der Waals surface area contributed by atoms with Gasteiger partial charge in [0, 0.05) is 25.8 Å². The van der Waals surface area contributed by atoms with Crippen LogP contribution in [-0.2, 0) is 6.54 Å². The van der Waals surface area contributed by atoms with E-state index in [2.05, 4.69) is 57.2 Å². The molecule has 0 radical (unpaired) electrons. The van der Waals surface area contributed by atoms with Crippen molar-refractivity contribution in [3.8, 4) is 0 Å². The molecule has 23 heavy (non-hydrogen) atoms. The molecule has 0 spiro atoms. The molecular weight excluding hydrogens is 306 g/mol. The molecule has 0 saturated carbocycles. The van der Waals surface area contributed by atoms with Gasteiger partial charge in [-0.25, -0.2) is 4.98 Å². The summed E-state index contributed by atoms with van der Waals surface area (Å²) in [6, 6.07) is 16.8. The van der Waals surface area contributed by atoms with Crippen LogP contribution >= 0.6 is 12.4 Å². The SMILES string of the molecule is Cl.c1ccc(CN(CCN2CCCCC2)c2ccccn2)cc1. The highest BCUT2D eigenvalue weighted by atomic mass is 35.5. The number of nitrogens with zero attached hydrogens (tertiary/aromatic N) is 3. The highest BCUT2D eigenvalue weighted by Crippen LogP contribution is 2.15. The first-order chi connectivity index (χ1) is 10.9. The molecule has 0 atom stereocenters. The van der Waals surface area contributed by atoms with Crippen LogP contribution in [0.25, 0.3) is 0 Å². The normalized spacial score (nSPS) is 15.0. The molecule has 1 aromatic heterocycles. The number of hydrogen-bond donors (Lipinski definition) is 0. The van der Waals surface area contributed by atoms with Crippen LogP contribution in [0.1, 0.15) is 24.8 Å². The fourth-order valence-corrected chi connectivity index (χ4v) is 3.06. The van der Waals surface area contributed by atoms with Gasteiger partial charge in [-0.05, 0) is 43.6 Å². The van der Waals surface area contributed by atoms with Crippen LogP contribution in [0.3, 0.4) is 0 Å². The molecule has 1 saturated heterocycles. The van der Waals surface area contributed by atoms with Crippen molar-refractivity contribution < 1.29 is 0 Å². The maximum atomic E-state index is 4.55. The predicted molar refractivity (Wildman–Crippen MR) is 99.3 cm³/mol. The van der Waals surface area contributed by atoms with Gasteiger partial charge in [-0.1, -0.05) is 42.8 Å².